The minimum atomic E-state index is -0.197. The molecule has 2 amide bonds. The van der Waals surface area contributed by atoms with Crippen LogP contribution in [-0.2, 0) is 11.3 Å². The number of carbonyl (C=O) groups excluding carboxylic acids is 2. The molecule has 0 spiro atoms. The summed E-state index contributed by atoms with van der Waals surface area (Å²) in [6.07, 6.45) is 3.45. The topological polar surface area (TPSA) is 68.8 Å². The molecule has 2 aliphatic rings. The van der Waals surface area contributed by atoms with E-state index < -0.39 is 0 Å². The van der Waals surface area contributed by atoms with E-state index in [4.69, 9.17) is 11.6 Å². The highest BCUT2D eigenvalue weighted by Gasteiger charge is 2.28. The first-order chi connectivity index (χ1) is 16.0. The predicted octanol–water partition coefficient (Wildman–Crippen LogP) is 3.05. The summed E-state index contributed by atoms with van der Waals surface area (Å²) in [6, 6.07) is 11.0. The van der Waals surface area contributed by atoms with Crippen LogP contribution in [0.4, 0.5) is 5.82 Å². The summed E-state index contributed by atoms with van der Waals surface area (Å²) < 4.78 is 0. The van der Waals surface area contributed by atoms with E-state index in [1.165, 1.54) is 0 Å². The maximum atomic E-state index is 12.8. The lowest BCUT2D eigenvalue weighted by molar-refractivity contribution is -0.126. The molecule has 2 aliphatic heterocycles. The lowest BCUT2D eigenvalue weighted by Gasteiger charge is -2.34. The van der Waals surface area contributed by atoms with Crippen molar-refractivity contribution in [1.29, 1.82) is 0 Å². The molecule has 8 heteroatoms. The van der Waals surface area contributed by atoms with E-state index in [1.807, 2.05) is 18.3 Å². The fourth-order valence-electron chi connectivity index (χ4n) is 4.49. The maximum Gasteiger partial charge on any atom is 0.253 e. The molecule has 7 nitrogen and oxygen atoms in total. The first-order valence-electron chi connectivity index (χ1n) is 11.8. The molecule has 176 valence electrons. The number of aromatic nitrogens is 1. The van der Waals surface area contributed by atoms with E-state index in [9.17, 15) is 9.59 Å². The fourth-order valence-corrected chi connectivity index (χ4v) is 4.61. The zero-order valence-corrected chi connectivity index (χ0v) is 19.9. The second-order valence-electron chi connectivity index (χ2n) is 8.76. The molecule has 0 bridgehead atoms. The van der Waals surface area contributed by atoms with E-state index >= 15 is 0 Å². The number of anilines is 1. The van der Waals surface area contributed by atoms with Gasteiger partial charge in [0.05, 0.1) is 5.92 Å². The molecule has 2 saturated heterocycles. The van der Waals surface area contributed by atoms with Crippen LogP contribution in [-0.4, -0.2) is 72.4 Å². The molecule has 3 heterocycles. The Morgan fingerprint density at radius 2 is 1.82 bits per heavy atom. The van der Waals surface area contributed by atoms with Crippen molar-refractivity contribution in [1.82, 2.24) is 20.1 Å². The highest BCUT2D eigenvalue weighted by molar-refractivity contribution is 6.30. The number of rotatable bonds is 6. The molecule has 1 aromatic heterocycles. The van der Waals surface area contributed by atoms with Crippen LogP contribution in [0.15, 0.2) is 42.6 Å². The van der Waals surface area contributed by atoms with E-state index in [-0.39, 0.29) is 17.7 Å². The fraction of sp³-hybridized carbons (Fsp3) is 0.480. The van der Waals surface area contributed by atoms with Crippen LogP contribution in [0.25, 0.3) is 0 Å². The molecular weight excluding hydrogens is 438 g/mol. The number of piperazine rings is 1. The van der Waals surface area contributed by atoms with Gasteiger partial charge in [0.25, 0.3) is 5.91 Å². The third-order valence-electron chi connectivity index (χ3n) is 6.59. The van der Waals surface area contributed by atoms with Crippen molar-refractivity contribution in [3.63, 3.8) is 0 Å². The second-order valence-corrected chi connectivity index (χ2v) is 9.20. The van der Waals surface area contributed by atoms with Crippen molar-refractivity contribution in [2.45, 2.75) is 26.3 Å². The standard InChI is InChI=1S/C25H32ClN5O2/c1-2-29-12-14-30(15-13-29)23-10-5-19(16-27-23)17-28-24(32)21-4-3-11-31(18-21)25(33)20-6-8-22(26)9-7-20/h5-10,16,21H,2-4,11-15,17-18H2,1H3,(H,28,32). The van der Waals surface area contributed by atoms with Crippen molar-refractivity contribution in [3.05, 3.63) is 58.7 Å². The summed E-state index contributed by atoms with van der Waals surface area (Å²) in [4.78, 5) is 36.7. The Balaban J connectivity index is 1.27. The molecule has 2 aromatic rings. The molecule has 1 aromatic carbocycles. The molecular formula is C25H32ClN5O2. The normalized spacial score (nSPS) is 19.4. The van der Waals surface area contributed by atoms with Crippen molar-refractivity contribution in [2.75, 3.05) is 50.7 Å². The first kappa shape index (κ1) is 23.5. The molecule has 4 rings (SSSR count). The zero-order chi connectivity index (χ0) is 23.2. The molecule has 0 aliphatic carbocycles. The van der Waals surface area contributed by atoms with Crippen LogP contribution in [0.1, 0.15) is 35.7 Å². The number of nitrogens with one attached hydrogen (secondary N) is 1. The number of likely N-dealkylation sites (N-methyl/N-ethyl adjacent to an activating group) is 1. The molecule has 2 fully saturated rings. The molecule has 1 N–H and O–H groups in total. The Morgan fingerprint density at radius 3 is 2.48 bits per heavy atom. The summed E-state index contributed by atoms with van der Waals surface area (Å²) in [7, 11) is 0. The monoisotopic (exact) mass is 469 g/mol. The van der Waals surface area contributed by atoms with E-state index in [1.54, 1.807) is 29.2 Å². The van der Waals surface area contributed by atoms with Crippen molar-refractivity contribution in [2.24, 2.45) is 5.92 Å². The van der Waals surface area contributed by atoms with Gasteiger partial charge in [-0.15, -0.1) is 0 Å². The molecule has 33 heavy (non-hydrogen) atoms. The zero-order valence-electron chi connectivity index (χ0n) is 19.2. The third-order valence-corrected chi connectivity index (χ3v) is 6.84. The van der Waals surface area contributed by atoms with Gasteiger partial charge in [0.15, 0.2) is 0 Å². The Morgan fingerprint density at radius 1 is 1.06 bits per heavy atom. The molecule has 1 atom stereocenters. The van der Waals surface area contributed by atoms with Gasteiger partial charge in [-0.25, -0.2) is 4.98 Å². The molecule has 1 unspecified atom stereocenters. The van der Waals surface area contributed by atoms with E-state index in [0.717, 1.165) is 56.9 Å². The smallest absolute Gasteiger partial charge is 0.253 e. The average molecular weight is 470 g/mol. The quantitative estimate of drug-likeness (QED) is 0.704. The van der Waals surface area contributed by atoms with Crippen molar-refractivity contribution >= 4 is 29.2 Å². The number of nitrogens with zero attached hydrogens (tertiary/aromatic N) is 4. The summed E-state index contributed by atoms with van der Waals surface area (Å²) >= 11 is 5.92. The van der Waals surface area contributed by atoms with Gasteiger partial charge >= 0.3 is 0 Å². The predicted molar refractivity (Wildman–Crippen MR) is 130 cm³/mol. The van der Waals surface area contributed by atoms with Crippen molar-refractivity contribution < 1.29 is 9.59 Å². The van der Waals surface area contributed by atoms with Gasteiger partial charge in [-0.3, -0.25) is 9.59 Å². The Bertz CT molecular complexity index is 942. The number of hydrogen-bond acceptors (Lipinski definition) is 5. The van der Waals surface area contributed by atoms with E-state index in [2.05, 4.69) is 27.0 Å². The van der Waals surface area contributed by atoms with Gasteiger partial charge in [0, 0.05) is 62.6 Å². The largest absolute Gasteiger partial charge is 0.354 e. The summed E-state index contributed by atoms with van der Waals surface area (Å²) in [5.74, 6) is 0.730. The minimum absolute atomic E-state index is 0.0108. The average Bonchev–Trinajstić information content (AvgIpc) is 2.88. The summed E-state index contributed by atoms with van der Waals surface area (Å²) in [5, 5.41) is 3.63. The summed E-state index contributed by atoms with van der Waals surface area (Å²) in [6.45, 7) is 8.94. The molecule has 0 saturated carbocycles. The number of carbonyl (C=O) groups is 2. The number of benzene rings is 1. The number of amides is 2. The SMILES string of the molecule is CCN1CCN(c2ccc(CNC(=O)C3CCCN(C(=O)c4ccc(Cl)cc4)C3)cn2)CC1. The molecule has 0 radical (unpaired) electrons. The van der Waals surface area contributed by atoms with Gasteiger partial charge in [-0.2, -0.15) is 0 Å². The minimum Gasteiger partial charge on any atom is -0.354 e. The number of hydrogen-bond donors (Lipinski definition) is 1. The highest BCUT2D eigenvalue weighted by atomic mass is 35.5. The van der Waals surface area contributed by atoms with Crippen LogP contribution >= 0.6 is 11.6 Å². The van der Waals surface area contributed by atoms with E-state index in [0.29, 0.717) is 30.2 Å². The lowest BCUT2D eigenvalue weighted by atomic mass is 9.96. The summed E-state index contributed by atoms with van der Waals surface area (Å²) in [5.41, 5.74) is 1.58. The lowest BCUT2D eigenvalue weighted by Crippen LogP contribution is -2.46. The van der Waals surface area contributed by atoms with Crippen LogP contribution in [0.3, 0.4) is 0 Å². The number of pyridine rings is 1. The van der Waals surface area contributed by atoms with Gasteiger partial charge in [0.2, 0.25) is 5.91 Å². The van der Waals surface area contributed by atoms with Crippen LogP contribution in [0.2, 0.25) is 5.02 Å². The van der Waals surface area contributed by atoms with Crippen LogP contribution < -0.4 is 10.2 Å². The van der Waals surface area contributed by atoms with Gasteiger partial charge in [-0.05, 0) is 55.3 Å². The van der Waals surface area contributed by atoms with Gasteiger partial charge < -0.3 is 20.0 Å². The van der Waals surface area contributed by atoms with Crippen LogP contribution in [0, 0.1) is 5.92 Å². The Kier molecular flexibility index (Phi) is 7.83. The number of piperidine rings is 1. The van der Waals surface area contributed by atoms with Gasteiger partial charge in [0.1, 0.15) is 5.82 Å². The first-order valence-corrected chi connectivity index (χ1v) is 12.2. The third kappa shape index (κ3) is 6.03. The van der Waals surface area contributed by atoms with Gasteiger partial charge in [-0.1, -0.05) is 24.6 Å². The Hall–Kier alpha value is -2.64. The van der Waals surface area contributed by atoms with Crippen LogP contribution in [0.5, 0.6) is 0 Å². The Labute approximate surface area is 200 Å². The number of likely N-dealkylation sites (tertiary alicyclic amines) is 1. The highest BCUT2D eigenvalue weighted by Crippen LogP contribution is 2.20. The van der Waals surface area contributed by atoms with Crippen molar-refractivity contribution in [3.8, 4) is 0 Å². The maximum absolute atomic E-state index is 12.8. The second kappa shape index (κ2) is 11.0. The number of halogens is 1.